The number of rotatable bonds is 8. The van der Waals surface area contributed by atoms with E-state index >= 15 is 0 Å². The van der Waals surface area contributed by atoms with Gasteiger partial charge in [0, 0.05) is 5.92 Å². The summed E-state index contributed by atoms with van der Waals surface area (Å²) in [5, 5.41) is 12.6. The fourth-order valence-electron chi connectivity index (χ4n) is 5.47. The number of methoxy groups -OCH3 is 2. The van der Waals surface area contributed by atoms with E-state index in [1.165, 1.54) is 0 Å². The van der Waals surface area contributed by atoms with Crippen LogP contribution in [0, 0.1) is 5.92 Å². The zero-order chi connectivity index (χ0) is 27.2. The lowest BCUT2D eigenvalue weighted by molar-refractivity contribution is -0.127. The second kappa shape index (κ2) is 11.5. The molecule has 196 valence electrons. The number of ether oxygens (including phenoxy) is 2. The van der Waals surface area contributed by atoms with Crippen LogP contribution in [0.1, 0.15) is 34.6 Å². The number of hydrogen-bond acceptors (Lipinski definition) is 4. The van der Waals surface area contributed by atoms with Crippen LogP contribution in [0.5, 0.6) is 11.5 Å². The normalized spacial score (nSPS) is 20.8. The van der Waals surface area contributed by atoms with Crippen LogP contribution in [0.3, 0.4) is 0 Å². The lowest BCUT2D eigenvalue weighted by Gasteiger charge is -2.43. The molecule has 0 saturated heterocycles. The molecule has 0 amide bonds. The summed E-state index contributed by atoms with van der Waals surface area (Å²) in [6.07, 6.45) is 5.90. The lowest BCUT2D eigenvalue weighted by atomic mass is 9.63. The Morgan fingerprint density at radius 2 is 1.36 bits per heavy atom. The third-order valence-electron chi connectivity index (χ3n) is 7.50. The molecule has 0 aromatic heterocycles. The molecule has 3 atom stereocenters. The third-order valence-corrected chi connectivity index (χ3v) is 7.50. The predicted octanol–water partition coefficient (Wildman–Crippen LogP) is 7.06. The maximum absolute atomic E-state index is 14.1. The minimum Gasteiger partial charge on any atom is -0.497 e. The van der Waals surface area contributed by atoms with Crippen LogP contribution in [0.2, 0.25) is 0 Å². The zero-order valence-corrected chi connectivity index (χ0v) is 22.2. The van der Waals surface area contributed by atoms with Gasteiger partial charge < -0.3 is 14.6 Å². The van der Waals surface area contributed by atoms with Gasteiger partial charge in [0.05, 0.1) is 20.1 Å². The van der Waals surface area contributed by atoms with Crippen molar-refractivity contribution in [2.24, 2.45) is 5.92 Å². The van der Waals surface area contributed by atoms with Gasteiger partial charge in [0.15, 0.2) is 5.78 Å². The average Bonchev–Trinajstić information content (AvgIpc) is 3.00. The fourth-order valence-corrected chi connectivity index (χ4v) is 5.47. The van der Waals surface area contributed by atoms with Crippen molar-refractivity contribution in [3.63, 3.8) is 0 Å². The van der Waals surface area contributed by atoms with Crippen molar-refractivity contribution in [1.29, 1.82) is 0 Å². The first-order valence-electron chi connectivity index (χ1n) is 13.1. The van der Waals surface area contributed by atoms with Gasteiger partial charge in [0.1, 0.15) is 17.1 Å². The Bertz CT molecular complexity index is 1460. The minimum atomic E-state index is -1.56. The average molecular weight is 517 g/mol. The SMILES string of the molecule is COc1ccc(C2=C[C@@](O)(c3ccc(OC)cc3)[C@H](C(=O)/C=C/c3ccccc3)[C@H](c3ccccc3)C2)cc1. The molecule has 0 radical (unpaired) electrons. The van der Waals surface area contributed by atoms with E-state index in [4.69, 9.17) is 9.47 Å². The third kappa shape index (κ3) is 5.57. The Balaban J connectivity index is 1.67. The van der Waals surface area contributed by atoms with E-state index in [2.05, 4.69) is 0 Å². The molecule has 0 saturated carbocycles. The van der Waals surface area contributed by atoms with Gasteiger partial charge in [-0.1, -0.05) is 91.0 Å². The first-order valence-corrected chi connectivity index (χ1v) is 13.1. The number of hydrogen-bond donors (Lipinski definition) is 1. The van der Waals surface area contributed by atoms with Crippen molar-refractivity contribution in [2.45, 2.75) is 17.9 Å². The number of aliphatic hydroxyl groups is 1. The first-order chi connectivity index (χ1) is 19.0. The van der Waals surface area contributed by atoms with E-state index < -0.39 is 11.5 Å². The maximum atomic E-state index is 14.1. The highest BCUT2D eigenvalue weighted by molar-refractivity contribution is 5.98. The molecule has 0 bridgehead atoms. The number of carbonyl (C=O) groups is 1. The van der Waals surface area contributed by atoms with Gasteiger partial charge in [-0.15, -0.1) is 0 Å². The van der Waals surface area contributed by atoms with Crippen LogP contribution in [0.15, 0.2) is 121 Å². The second-order valence-corrected chi connectivity index (χ2v) is 9.80. The van der Waals surface area contributed by atoms with E-state index in [1.54, 1.807) is 20.3 Å². The number of carbonyl (C=O) groups excluding carboxylic acids is 1. The molecular formula is C35H32O4. The summed E-state index contributed by atoms with van der Waals surface area (Å²) in [6, 6.07) is 34.9. The van der Waals surface area contributed by atoms with Gasteiger partial charge in [-0.2, -0.15) is 0 Å². The largest absolute Gasteiger partial charge is 0.497 e. The predicted molar refractivity (Wildman–Crippen MR) is 156 cm³/mol. The highest BCUT2D eigenvalue weighted by Gasteiger charge is 2.48. The van der Waals surface area contributed by atoms with Crippen molar-refractivity contribution >= 4 is 17.4 Å². The van der Waals surface area contributed by atoms with E-state index in [9.17, 15) is 9.90 Å². The molecule has 0 heterocycles. The maximum Gasteiger partial charge on any atom is 0.162 e. The van der Waals surface area contributed by atoms with Crippen molar-refractivity contribution in [2.75, 3.05) is 14.2 Å². The molecular weight excluding hydrogens is 484 g/mol. The van der Waals surface area contributed by atoms with E-state index in [1.807, 2.05) is 121 Å². The van der Waals surface area contributed by atoms with Gasteiger partial charge in [0.25, 0.3) is 0 Å². The Hall–Kier alpha value is -4.41. The van der Waals surface area contributed by atoms with Gasteiger partial charge in [-0.05, 0) is 70.7 Å². The van der Waals surface area contributed by atoms with Crippen LogP contribution < -0.4 is 9.47 Å². The molecule has 4 aromatic carbocycles. The topological polar surface area (TPSA) is 55.8 Å². The Morgan fingerprint density at radius 3 is 1.95 bits per heavy atom. The summed E-state index contributed by atoms with van der Waals surface area (Å²) < 4.78 is 10.7. The van der Waals surface area contributed by atoms with E-state index in [0.29, 0.717) is 17.7 Å². The molecule has 4 aromatic rings. The molecule has 1 aliphatic rings. The van der Waals surface area contributed by atoms with Crippen LogP contribution in [-0.2, 0) is 10.4 Å². The molecule has 1 aliphatic carbocycles. The number of ketones is 1. The Morgan fingerprint density at radius 1 is 0.795 bits per heavy atom. The molecule has 0 unspecified atom stereocenters. The molecule has 5 rings (SSSR count). The summed E-state index contributed by atoms with van der Waals surface area (Å²) in [4.78, 5) is 14.1. The highest BCUT2D eigenvalue weighted by Crippen LogP contribution is 2.51. The van der Waals surface area contributed by atoms with Gasteiger partial charge >= 0.3 is 0 Å². The van der Waals surface area contributed by atoms with E-state index in [-0.39, 0.29) is 11.7 Å². The fraction of sp³-hybridized carbons (Fsp3) is 0.171. The van der Waals surface area contributed by atoms with Crippen molar-refractivity contribution in [3.8, 4) is 11.5 Å². The van der Waals surface area contributed by atoms with Crippen molar-refractivity contribution in [1.82, 2.24) is 0 Å². The quantitative estimate of drug-likeness (QED) is 0.255. The van der Waals surface area contributed by atoms with Crippen LogP contribution >= 0.6 is 0 Å². The summed E-state index contributed by atoms with van der Waals surface area (Å²) in [5.74, 6) is 0.322. The summed E-state index contributed by atoms with van der Waals surface area (Å²) in [6.45, 7) is 0. The monoisotopic (exact) mass is 516 g/mol. The Kier molecular flexibility index (Phi) is 7.76. The molecule has 0 fully saturated rings. The second-order valence-electron chi connectivity index (χ2n) is 9.80. The minimum absolute atomic E-state index is 0.129. The van der Waals surface area contributed by atoms with Crippen molar-refractivity contribution in [3.05, 3.63) is 144 Å². The van der Waals surface area contributed by atoms with Crippen LogP contribution in [-0.4, -0.2) is 25.1 Å². The molecule has 0 aliphatic heterocycles. The molecule has 39 heavy (non-hydrogen) atoms. The zero-order valence-electron chi connectivity index (χ0n) is 22.2. The number of allylic oxidation sites excluding steroid dienone is 2. The smallest absolute Gasteiger partial charge is 0.162 e. The van der Waals surface area contributed by atoms with Crippen LogP contribution in [0.25, 0.3) is 11.6 Å². The first kappa shape index (κ1) is 26.2. The van der Waals surface area contributed by atoms with Gasteiger partial charge in [-0.3, -0.25) is 4.79 Å². The molecule has 0 spiro atoms. The highest BCUT2D eigenvalue weighted by atomic mass is 16.5. The molecule has 4 nitrogen and oxygen atoms in total. The number of benzene rings is 4. The molecule has 1 N–H and O–H groups in total. The lowest BCUT2D eigenvalue weighted by Crippen LogP contribution is -2.44. The van der Waals surface area contributed by atoms with Gasteiger partial charge in [-0.25, -0.2) is 0 Å². The standard InChI is InChI=1S/C35H32O4/c1-38-30-18-14-26(15-19-30)28-23-32(27-11-7-4-8-12-27)34(33(36)22-13-25-9-5-3-6-10-25)35(37,24-28)29-16-20-31(39-2)21-17-29/h3-22,24,32,34,37H,23H2,1-2H3/b22-13+/t32-,34-,35+/m0/s1. The van der Waals surface area contributed by atoms with E-state index in [0.717, 1.165) is 28.0 Å². The van der Waals surface area contributed by atoms with Gasteiger partial charge in [0.2, 0.25) is 0 Å². The summed E-state index contributed by atoms with van der Waals surface area (Å²) >= 11 is 0. The molecule has 4 heteroatoms. The van der Waals surface area contributed by atoms with Crippen LogP contribution in [0.4, 0.5) is 0 Å². The Labute approximate surface area is 229 Å². The van der Waals surface area contributed by atoms with Crippen molar-refractivity contribution < 1.29 is 19.4 Å². The summed E-state index contributed by atoms with van der Waals surface area (Å²) in [5.41, 5.74) is 2.98. The summed E-state index contributed by atoms with van der Waals surface area (Å²) in [7, 11) is 3.25.